The summed E-state index contributed by atoms with van der Waals surface area (Å²) in [4.78, 5) is 18.7. The number of aromatic amines is 1. The van der Waals surface area contributed by atoms with Crippen molar-refractivity contribution in [1.82, 2.24) is 30.1 Å². The fourth-order valence-corrected chi connectivity index (χ4v) is 4.19. The third kappa shape index (κ3) is 3.65. The zero-order valence-electron chi connectivity index (χ0n) is 18.4. The number of hydrogen-bond acceptors (Lipinski definition) is 6. The summed E-state index contributed by atoms with van der Waals surface area (Å²) in [6.45, 7) is 13.1. The monoisotopic (exact) mass is 410 g/mol. The van der Waals surface area contributed by atoms with Gasteiger partial charge in [0.1, 0.15) is 6.04 Å². The Morgan fingerprint density at radius 2 is 1.93 bits per heavy atom. The van der Waals surface area contributed by atoms with Gasteiger partial charge >= 0.3 is 0 Å². The van der Waals surface area contributed by atoms with Crippen LogP contribution in [0.15, 0.2) is 23.0 Å². The van der Waals surface area contributed by atoms with Gasteiger partial charge in [0.15, 0.2) is 5.82 Å². The second-order valence-electron chi connectivity index (χ2n) is 8.77. The van der Waals surface area contributed by atoms with Crippen molar-refractivity contribution < 1.29 is 4.74 Å². The molecule has 0 bridgehead atoms. The number of nitrogens with zero attached hydrogens (tertiary/aromatic N) is 5. The lowest BCUT2D eigenvalue weighted by molar-refractivity contribution is 0.0204. The molecule has 1 saturated heterocycles. The molecule has 1 atom stereocenters. The number of aromatic nitrogens is 5. The molecule has 8 heteroatoms. The van der Waals surface area contributed by atoms with Crippen molar-refractivity contribution in [2.24, 2.45) is 0 Å². The van der Waals surface area contributed by atoms with Gasteiger partial charge in [-0.25, -0.2) is 4.68 Å². The van der Waals surface area contributed by atoms with Crippen LogP contribution in [0.25, 0.3) is 10.9 Å². The maximum Gasteiger partial charge on any atom is 0.253 e. The first-order valence-electron chi connectivity index (χ1n) is 10.6. The molecule has 30 heavy (non-hydrogen) atoms. The van der Waals surface area contributed by atoms with Crippen molar-refractivity contribution in [3.05, 3.63) is 51.1 Å². The summed E-state index contributed by atoms with van der Waals surface area (Å²) in [5, 5.41) is 13.7. The molecule has 3 heterocycles. The van der Waals surface area contributed by atoms with E-state index in [4.69, 9.17) is 4.74 Å². The van der Waals surface area contributed by atoms with Crippen LogP contribution in [0.1, 0.15) is 55.7 Å². The zero-order chi connectivity index (χ0) is 21.5. The van der Waals surface area contributed by atoms with Gasteiger partial charge < -0.3 is 9.72 Å². The van der Waals surface area contributed by atoms with Crippen LogP contribution in [0.2, 0.25) is 0 Å². The summed E-state index contributed by atoms with van der Waals surface area (Å²) in [6.07, 6.45) is 0.868. The quantitative estimate of drug-likeness (QED) is 0.696. The SMILES string of the molecule is CCC(C)(C)n1nnnc1C(c1cc2cc(C)cc(C)c2[nH]c1=O)N1CCOCC1. The van der Waals surface area contributed by atoms with Crippen LogP contribution in [-0.2, 0) is 10.3 Å². The second kappa shape index (κ2) is 7.92. The average Bonchev–Trinajstić information content (AvgIpc) is 3.20. The van der Waals surface area contributed by atoms with E-state index in [0.717, 1.165) is 28.5 Å². The van der Waals surface area contributed by atoms with Crippen molar-refractivity contribution >= 4 is 10.9 Å². The van der Waals surface area contributed by atoms with E-state index in [1.807, 2.05) is 17.7 Å². The van der Waals surface area contributed by atoms with Crippen molar-refractivity contribution in [3.63, 3.8) is 0 Å². The zero-order valence-corrected chi connectivity index (χ0v) is 18.4. The maximum atomic E-state index is 13.3. The van der Waals surface area contributed by atoms with E-state index in [0.29, 0.717) is 37.7 Å². The lowest BCUT2D eigenvalue weighted by atomic mass is 9.98. The summed E-state index contributed by atoms with van der Waals surface area (Å²) in [5.74, 6) is 0.693. The molecule has 0 spiro atoms. The van der Waals surface area contributed by atoms with Crippen LogP contribution in [0.3, 0.4) is 0 Å². The molecule has 0 aliphatic carbocycles. The topological polar surface area (TPSA) is 88.9 Å². The molecule has 3 aromatic rings. The van der Waals surface area contributed by atoms with Crippen LogP contribution in [0.5, 0.6) is 0 Å². The molecule has 0 amide bonds. The Balaban J connectivity index is 1.93. The van der Waals surface area contributed by atoms with Gasteiger partial charge in [0.2, 0.25) is 0 Å². The molecule has 1 aliphatic rings. The highest BCUT2D eigenvalue weighted by molar-refractivity contribution is 5.83. The van der Waals surface area contributed by atoms with Crippen molar-refractivity contribution in [2.75, 3.05) is 26.3 Å². The number of ether oxygens (including phenoxy) is 1. The molecule has 0 saturated carbocycles. The largest absolute Gasteiger partial charge is 0.379 e. The number of benzene rings is 1. The van der Waals surface area contributed by atoms with E-state index in [2.05, 4.69) is 65.2 Å². The predicted octanol–water partition coefficient (Wildman–Crippen LogP) is 2.70. The third-order valence-corrected chi connectivity index (χ3v) is 6.20. The number of H-pyrrole nitrogens is 1. The maximum absolute atomic E-state index is 13.3. The molecule has 2 aromatic heterocycles. The number of tetrazole rings is 1. The van der Waals surface area contributed by atoms with E-state index in [1.54, 1.807) is 0 Å². The number of pyridine rings is 1. The minimum atomic E-state index is -0.344. The van der Waals surface area contributed by atoms with Gasteiger partial charge in [-0.05, 0) is 67.6 Å². The van der Waals surface area contributed by atoms with E-state index < -0.39 is 0 Å². The van der Waals surface area contributed by atoms with Gasteiger partial charge in [0.05, 0.1) is 24.3 Å². The van der Waals surface area contributed by atoms with Crippen molar-refractivity contribution in [1.29, 1.82) is 0 Å². The number of nitrogens with one attached hydrogen (secondary N) is 1. The Morgan fingerprint density at radius 3 is 2.63 bits per heavy atom. The number of rotatable bonds is 5. The van der Waals surface area contributed by atoms with Crippen LogP contribution < -0.4 is 5.56 Å². The van der Waals surface area contributed by atoms with Gasteiger partial charge in [-0.2, -0.15) is 0 Å². The normalized spacial score (nSPS) is 16.8. The summed E-state index contributed by atoms with van der Waals surface area (Å²) < 4.78 is 7.44. The Morgan fingerprint density at radius 1 is 1.20 bits per heavy atom. The standard InChI is InChI=1S/C22H30N6O2/c1-6-22(4,5)28-20(24-25-26-28)19(27-7-9-30-10-8-27)17-13-16-12-14(2)11-15(3)18(16)23-21(17)29/h11-13,19H,6-10H2,1-5H3,(H,23,29). The molecule has 1 aromatic carbocycles. The number of hydrogen-bond donors (Lipinski definition) is 1. The molecular weight excluding hydrogens is 380 g/mol. The van der Waals surface area contributed by atoms with Crippen LogP contribution in [0, 0.1) is 13.8 Å². The molecule has 1 N–H and O–H groups in total. The third-order valence-electron chi connectivity index (χ3n) is 6.20. The van der Waals surface area contributed by atoms with Crippen molar-refractivity contribution in [3.8, 4) is 0 Å². The molecular formula is C22H30N6O2. The fourth-order valence-electron chi connectivity index (χ4n) is 4.19. The molecule has 8 nitrogen and oxygen atoms in total. The Hall–Kier alpha value is -2.58. The van der Waals surface area contributed by atoms with Gasteiger partial charge in [0, 0.05) is 18.7 Å². The Labute approximate surface area is 176 Å². The predicted molar refractivity (Wildman–Crippen MR) is 116 cm³/mol. The first-order chi connectivity index (χ1) is 14.3. The second-order valence-corrected chi connectivity index (χ2v) is 8.77. The van der Waals surface area contributed by atoms with Gasteiger partial charge in [-0.15, -0.1) is 5.10 Å². The molecule has 1 fully saturated rings. The minimum absolute atomic E-state index is 0.102. The van der Waals surface area contributed by atoms with Gasteiger partial charge in [0.25, 0.3) is 5.56 Å². The summed E-state index contributed by atoms with van der Waals surface area (Å²) in [6, 6.07) is 5.86. The number of morpholine rings is 1. The first kappa shape index (κ1) is 20.7. The minimum Gasteiger partial charge on any atom is -0.379 e. The summed E-state index contributed by atoms with van der Waals surface area (Å²) >= 11 is 0. The van der Waals surface area contributed by atoms with E-state index in [9.17, 15) is 4.79 Å². The molecule has 4 rings (SSSR count). The number of fused-ring (bicyclic) bond motifs is 1. The first-order valence-corrected chi connectivity index (χ1v) is 10.6. The Bertz CT molecular complexity index is 1110. The van der Waals surface area contributed by atoms with Crippen molar-refractivity contribution in [2.45, 2.75) is 52.6 Å². The van der Waals surface area contributed by atoms with E-state index in [1.165, 1.54) is 0 Å². The summed E-state index contributed by atoms with van der Waals surface area (Å²) in [5.41, 5.74) is 3.40. The number of aryl methyl sites for hydroxylation is 2. The lowest BCUT2D eigenvalue weighted by Gasteiger charge is -2.35. The van der Waals surface area contributed by atoms with Crippen LogP contribution >= 0.6 is 0 Å². The molecule has 1 aliphatic heterocycles. The highest BCUT2D eigenvalue weighted by Gasteiger charge is 2.34. The van der Waals surface area contributed by atoms with Crippen LogP contribution in [-0.4, -0.2) is 56.4 Å². The smallest absolute Gasteiger partial charge is 0.253 e. The van der Waals surface area contributed by atoms with Crippen LogP contribution in [0.4, 0.5) is 0 Å². The fraction of sp³-hybridized carbons (Fsp3) is 0.545. The highest BCUT2D eigenvalue weighted by atomic mass is 16.5. The van der Waals surface area contributed by atoms with E-state index in [-0.39, 0.29) is 17.1 Å². The Kier molecular flexibility index (Phi) is 5.46. The average molecular weight is 411 g/mol. The summed E-state index contributed by atoms with van der Waals surface area (Å²) in [7, 11) is 0. The molecule has 160 valence electrons. The molecule has 0 radical (unpaired) electrons. The van der Waals surface area contributed by atoms with Gasteiger partial charge in [-0.1, -0.05) is 18.6 Å². The molecule has 1 unspecified atom stereocenters. The van der Waals surface area contributed by atoms with Gasteiger partial charge in [-0.3, -0.25) is 9.69 Å². The van der Waals surface area contributed by atoms with E-state index >= 15 is 0 Å². The lowest BCUT2D eigenvalue weighted by Crippen LogP contribution is -2.43. The highest BCUT2D eigenvalue weighted by Crippen LogP contribution is 2.31.